The van der Waals surface area contributed by atoms with E-state index in [1.54, 1.807) is 4.68 Å². The summed E-state index contributed by atoms with van der Waals surface area (Å²) in [4.78, 5) is 19.5. The lowest BCUT2D eigenvalue weighted by atomic mass is 9.97. The molecule has 6 heteroatoms. The summed E-state index contributed by atoms with van der Waals surface area (Å²) in [7, 11) is 2.06. The van der Waals surface area contributed by atoms with E-state index < -0.39 is 0 Å². The molecule has 6 nitrogen and oxygen atoms in total. The Labute approximate surface area is 147 Å². The highest BCUT2D eigenvalue weighted by Crippen LogP contribution is 2.29. The molecule has 4 rings (SSSR count). The van der Waals surface area contributed by atoms with E-state index in [0.717, 1.165) is 42.8 Å². The van der Waals surface area contributed by atoms with Gasteiger partial charge in [-0.2, -0.15) is 5.10 Å². The Morgan fingerprint density at radius 3 is 2.88 bits per heavy atom. The predicted octanol–water partition coefficient (Wildman–Crippen LogP) is 2.81. The second kappa shape index (κ2) is 6.35. The third-order valence-electron chi connectivity index (χ3n) is 5.08. The molecule has 1 atom stereocenters. The third-order valence-corrected chi connectivity index (χ3v) is 5.08. The zero-order valence-corrected chi connectivity index (χ0v) is 14.7. The number of benzene rings is 1. The summed E-state index contributed by atoms with van der Waals surface area (Å²) >= 11 is 0. The molecule has 1 aliphatic heterocycles. The van der Waals surface area contributed by atoms with Crippen LogP contribution in [0.3, 0.4) is 0 Å². The van der Waals surface area contributed by atoms with E-state index in [1.165, 1.54) is 0 Å². The van der Waals surface area contributed by atoms with Crippen LogP contribution in [0.4, 0.5) is 0 Å². The number of piperidine rings is 1. The quantitative estimate of drug-likeness (QED) is 0.738. The number of nitrogens with zero attached hydrogens (tertiary/aromatic N) is 5. The SMILES string of the molecule is CCn1ccc(C(=O)N2CCCC(c3nc4ccccc4n3C)C2)n1. The number of aryl methyl sites for hydroxylation is 2. The van der Waals surface area contributed by atoms with E-state index in [2.05, 4.69) is 22.8 Å². The smallest absolute Gasteiger partial charge is 0.274 e. The van der Waals surface area contributed by atoms with E-state index >= 15 is 0 Å². The maximum Gasteiger partial charge on any atom is 0.274 e. The number of aromatic nitrogens is 4. The highest BCUT2D eigenvalue weighted by molar-refractivity contribution is 5.92. The van der Waals surface area contributed by atoms with Gasteiger partial charge in [-0.05, 0) is 38.0 Å². The van der Waals surface area contributed by atoms with Gasteiger partial charge in [-0.3, -0.25) is 9.48 Å². The van der Waals surface area contributed by atoms with Crippen LogP contribution in [0.15, 0.2) is 36.5 Å². The monoisotopic (exact) mass is 337 g/mol. The number of imidazole rings is 1. The molecule has 0 spiro atoms. The standard InChI is InChI=1S/C19H23N5O/c1-3-24-12-10-16(21-24)19(25)23-11-6-7-14(13-23)18-20-15-8-4-5-9-17(15)22(18)2/h4-5,8-10,12,14H,3,6-7,11,13H2,1-2H3. The van der Waals surface area contributed by atoms with Crippen molar-refractivity contribution in [3.63, 3.8) is 0 Å². The van der Waals surface area contributed by atoms with Crippen molar-refractivity contribution in [2.24, 2.45) is 7.05 Å². The predicted molar refractivity (Wildman–Crippen MR) is 96.5 cm³/mol. The summed E-state index contributed by atoms with van der Waals surface area (Å²) in [5, 5.41) is 4.36. The Balaban J connectivity index is 1.57. The molecule has 0 bridgehead atoms. The molecular formula is C19H23N5O. The molecule has 1 aromatic carbocycles. The summed E-state index contributed by atoms with van der Waals surface area (Å²) in [6, 6.07) is 10.00. The first-order chi connectivity index (χ1) is 12.2. The van der Waals surface area contributed by atoms with E-state index in [9.17, 15) is 4.79 Å². The largest absolute Gasteiger partial charge is 0.337 e. The Morgan fingerprint density at radius 2 is 2.12 bits per heavy atom. The van der Waals surface area contributed by atoms with Crippen LogP contribution < -0.4 is 0 Å². The lowest BCUT2D eigenvalue weighted by molar-refractivity contribution is 0.0697. The Morgan fingerprint density at radius 1 is 1.28 bits per heavy atom. The van der Waals surface area contributed by atoms with Crippen LogP contribution in [0.1, 0.15) is 42.0 Å². The summed E-state index contributed by atoms with van der Waals surface area (Å²) in [5.41, 5.74) is 2.69. The number of hydrogen-bond donors (Lipinski definition) is 0. The number of rotatable bonds is 3. The van der Waals surface area contributed by atoms with Crippen LogP contribution in [0, 0.1) is 0 Å². The fourth-order valence-electron chi connectivity index (χ4n) is 3.72. The number of carbonyl (C=O) groups excluding carboxylic acids is 1. The first-order valence-corrected chi connectivity index (χ1v) is 8.91. The molecule has 0 radical (unpaired) electrons. The minimum atomic E-state index is 0.0238. The molecule has 0 saturated carbocycles. The van der Waals surface area contributed by atoms with Crippen molar-refractivity contribution in [1.82, 2.24) is 24.2 Å². The Hall–Kier alpha value is -2.63. The number of fused-ring (bicyclic) bond motifs is 1. The van der Waals surface area contributed by atoms with Crippen molar-refractivity contribution in [2.75, 3.05) is 13.1 Å². The van der Waals surface area contributed by atoms with Crippen LogP contribution >= 0.6 is 0 Å². The Bertz CT molecular complexity index is 910. The van der Waals surface area contributed by atoms with Crippen LogP contribution in [0.5, 0.6) is 0 Å². The first kappa shape index (κ1) is 15.9. The van der Waals surface area contributed by atoms with Crippen LogP contribution in [-0.4, -0.2) is 43.2 Å². The van der Waals surface area contributed by atoms with Gasteiger partial charge in [0, 0.05) is 38.8 Å². The molecule has 1 fully saturated rings. The molecule has 0 aliphatic carbocycles. The zero-order valence-electron chi connectivity index (χ0n) is 14.7. The first-order valence-electron chi connectivity index (χ1n) is 8.91. The third kappa shape index (κ3) is 2.81. The van der Waals surface area contributed by atoms with E-state index in [4.69, 9.17) is 4.98 Å². The van der Waals surface area contributed by atoms with Gasteiger partial charge in [-0.1, -0.05) is 12.1 Å². The van der Waals surface area contributed by atoms with Crippen molar-refractivity contribution in [3.8, 4) is 0 Å². The molecule has 130 valence electrons. The lowest BCUT2D eigenvalue weighted by Gasteiger charge is -2.32. The Kier molecular flexibility index (Phi) is 4.03. The number of hydrogen-bond acceptors (Lipinski definition) is 3. The summed E-state index contributed by atoms with van der Waals surface area (Å²) in [6.07, 6.45) is 3.92. The summed E-state index contributed by atoms with van der Waals surface area (Å²) in [5.74, 6) is 1.36. The molecule has 3 heterocycles. The highest BCUT2D eigenvalue weighted by atomic mass is 16.2. The maximum atomic E-state index is 12.8. The van der Waals surface area contributed by atoms with Crippen molar-refractivity contribution in [2.45, 2.75) is 32.2 Å². The summed E-state index contributed by atoms with van der Waals surface area (Å²) in [6.45, 7) is 4.28. The van der Waals surface area contributed by atoms with Crippen molar-refractivity contribution < 1.29 is 4.79 Å². The molecule has 1 unspecified atom stereocenters. The minimum Gasteiger partial charge on any atom is -0.337 e. The van der Waals surface area contributed by atoms with Gasteiger partial charge < -0.3 is 9.47 Å². The maximum absolute atomic E-state index is 12.8. The van der Waals surface area contributed by atoms with E-state index in [1.807, 2.05) is 42.3 Å². The van der Waals surface area contributed by atoms with Crippen LogP contribution in [0.2, 0.25) is 0 Å². The number of likely N-dealkylation sites (tertiary alicyclic amines) is 1. The summed E-state index contributed by atoms with van der Waals surface area (Å²) < 4.78 is 3.96. The van der Waals surface area contributed by atoms with Crippen molar-refractivity contribution >= 4 is 16.9 Å². The molecule has 1 aliphatic rings. The van der Waals surface area contributed by atoms with Gasteiger partial charge in [0.05, 0.1) is 11.0 Å². The van der Waals surface area contributed by atoms with Gasteiger partial charge in [0.2, 0.25) is 0 Å². The second-order valence-electron chi connectivity index (χ2n) is 6.66. The zero-order chi connectivity index (χ0) is 17.4. The van der Waals surface area contributed by atoms with E-state index in [-0.39, 0.29) is 11.8 Å². The van der Waals surface area contributed by atoms with Gasteiger partial charge in [0.15, 0.2) is 0 Å². The number of carbonyl (C=O) groups is 1. The average molecular weight is 337 g/mol. The second-order valence-corrected chi connectivity index (χ2v) is 6.66. The van der Waals surface area contributed by atoms with Crippen LogP contribution in [0.25, 0.3) is 11.0 Å². The topological polar surface area (TPSA) is 56.0 Å². The highest BCUT2D eigenvalue weighted by Gasteiger charge is 2.29. The van der Waals surface area contributed by atoms with Gasteiger partial charge in [-0.25, -0.2) is 4.98 Å². The average Bonchev–Trinajstić information content (AvgIpc) is 3.26. The minimum absolute atomic E-state index is 0.0238. The number of amides is 1. The lowest BCUT2D eigenvalue weighted by Crippen LogP contribution is -2.40. The van der Waals surface area contributed by atoms with Gasteiger partial charge >= 0.3 is 0 Å². The molecule has 1 saturated heterocycles. The van der Waals surface area contributed by atoms with Crippen molar-refractivity contribution in [3.05, 3.63) is 48.0 Å². The van der Waals surface area contributed by atoms with Gasteiger partial charge in [0.25, 0.3) is 5.91 Å². The molecule has 0 N–H and O–H groups in total. The fraction of sp³-hybridized carbons (Fsp3) is 0.421. The van der Waals surface area contributed by atoms with Crippen molar-refractivity contribution in [1.29, 1.82) is 0 Å². The van der Waals surface area contributed by atoms with Gasteiger partial charge in [-0.15, -0.1) is 0 Å². The fourth-order valence-corrected chi connectivity index (χ4v) is 3.72. The van der Waals surface area contributed by atoms with Crippen LogP contribution in [-0.2, 0) is 13.6 Å². The number of para-hydroxylation sites is 2. The molecule has 3 aromatic rings. The van der Waals surface area contributed by atoms with E-state index in [0.29, 0.717) is 12.2 Å². The normalized spacial score (nSPS) is 18.0. The molecular weight excluding hydrogens is 314 g/mol. The molecule has 1 amide bonds. The molecule has 25 heavy (non-hydrogen) atoms. The molecule has 2 aromatic heterocycles. The van der Waals surface area contributed by atoms with Gasteiger partial charge in [0.1, 0.15) is 11.5 Å².